The van der Waals surface area contributed by atoms with Gasteiger partial charge in [0.25, 0.3) is 0 Å². The van der Waals surface area contributed by atoms with Crippen LogP contribution in [0.15, 0.2) is 42.6 Å². The Hall–Kier alpha value is -2.96. The summed E-state index contributed by atoms with van der Waals surface area (Å²) in [6, 6.07) is 8.28. The van der Waals surface area contributed by atoms with Crippen molar-refractivity contribution in [3.63, 3.8) is 0 Å². The summed E-state index contributed by atoms with van der Waals surface area (Å²) in [7, 11) is 0. The summed E-state index contributed by atoms with van der Waals surface area (Å²) in [6.07, 6.45) is 2.90. The fourth-order valence-electron chi connectivity index (χ4n) is 2.31. The Morgan fingerprint density at radius 2 is 1.88 bits per heavy atom. The molecule has 2 aromatic rings. The molecule has 1 aromatic heterocycles. The van der Waals surface area contributed by atoms with Crippen LogP contribution in [-0.2, 0) is 11.3 Å². The topological polar surface area (TPSA) is 83.1 Å². The number of benzene rings is 1. The molecule has 1 atom stereocenters. The van der Waals surface area contributed by atoms with E-state index in [0.717, 1.165) is 17.5 Å². The highest BCUT2D eigenvalue weighted by molar-refractivity contribution is 5.96. The van der Waals surface area contributed by atoms with Crippen LogP contribution in [-0.4, -0.2) is 23.0 Å². The van der Waals surface area contributed by atoms with Crippen LogP contribution in [0.3, 0.4) is 0 Å². The Morgan fingerprint density at radius 1 is 1.15 bits per heavy atom. The van der Waals surface area contributed by atoms with Crippen LogP contribution in [0.4, 0.5) is 15.0 Å². The molecule has 3 amide bonds. The van der Waals surface area contributed by atoms with Gasteiger partial charge in [-0.05, 0) is 42.7 Å². The van der Waals surface area contributed by atoms with Gasteiger partial charge in [0.1, 0.15) is 17.7 Å². The summed E-state index contributed by atoms with van der Waals surface area (Å²) in [5, 5.41) is 8.04. The van der Waals surface area contributed by atoms with E-state index in [4.69, 9.17) is 0 Å². The lowest BCUT2D eigenvalue weighted by molar-refractivity contribution is -0.118. The number of carbonyl (C=O) groups is 2. The van der Waals surface area contributed by atoms with Crippen molar-refractivity contribution in [1.29, 1.82) is 0 Å². The molecule has 1 unspecified atom stereocenters. The lowest BCUT2D eigenvalue weighted by Crippen LogP contribution is -2.47. The van der Waals surface area contributed by atoms with E-state index >= 15 is 0 Å². The molecule has 1 heterocycles. The quantitative estimate of drug-likeness (QED) is 0.711. The molecule has 0 bridgehead atoms. The zero-order valence-corrected chi connectivity index (χ0v) is 14.9. The number of carbonyl (C=O) groups excluding carboxylic acids is 2. The Labute approximate surface area is 152 Å². The summed E-state index contributed by atoms with van der Waals surface area (Å²) in [4.78, 5) is 28.6. The normalized spacial score (nSPS) is 11.5. The molecule has 0 aliphatic heterocycles. The number of nitrogens with one attached hydrogen (secondary N) is 3. The summed E-state index contributed by atoms with van der Waals surface area (Å²) in [5.41, 5.74) is 1.76. The third-order valence-corrected chi connectivity index (χ3v) is 3.73. The van der Waals surface area contributed by atoms with Gasteiger partial charge in [0, 0.05) is 12.7 Å². The number of hydrogen-bond donors (Lipinski definition) is 3. The molecule has 26 heavy (non-hydrogen) atoms. The summed E-state index contributed by atoms with van der Waals surface area (Å²) >= 11 is 0. The van der Waals surface area contributed by atoms with Crippen molar-refractivity contribution in [2.75, 3.05) is 5.32 Å². The summed E-state index contributed by atoms with van der Waals surface area (Å²) in [5.74, 6) is -0.210. The number of pyridine rings is 1. The highest BCUT2D eigenvalue weighted by atomic mass is 19.1. The first-order valence-electron chi connectivity index (χ1n) is 8.50. The molecule has 0 spiro atoms. The van der Waals surface area contributed by atoms with Crippen LogP contribution < -0.4 is 16.0 Å². The summed E-state index contributed by atoms with van der Waals surface area (Å²) < 4.78 is 12.9. The second-order valence-corrected chi connectivity index (χ2v) is 6.00. The lowest BCUT2D eigenvalue weighted by Gasteiger charge is -2.18. The van der Waals surface area contributed by atoms with E-state index in [2.05, 4.69) is 20.9 Å². The number of nitrogens with zero attached hydrogens (tertiary/aromatic N) is 1. The molecular weight excluding hydrogens is 335 g/mol. The maximum atomic E-state index is 12.9. The van der Waals surface area contributed by atoms with E-state index in [1.165, 1.54) is 12.1 Å². The molecule has 0 aliphatic carbocycles. The second-order valence-electron chi connectivity index (χ2n) is 6.00. The van der Waals surface area contributed by atoms with Gasteiger partial charge in [0.15, 0.2) is 0 Å². The molecule has 6 nitrogen and oxygen atoms in total. The van der Waals surface area contributed by atoms with Gasteiger partial charge in [0.2, 0.25) is 5.91 Å². The van der Waals surface area contributed by atoms with Crippen LogP contribution >= 0.6 is 0 Å². The Kier molecular flexibility index (Phi) is 7.08. The SMILES string of the molecule is CCCC(NC(=O)NCc1ccc(F)cc1)C(=O)Nc1ccc(C)cn1. The maximum Gasteiger partial charge on any atom is 0.315 e. The molecule has 1 aromatic carbocycles. The smallest absolute Gasteiger partial charge is 0.315 e. The Morgan fingerprint density at radius 3 is 2.50 bits per heavy atom. The molecule has 138 valence electrons. The number of aryl methyl sites for hydroxylation is 1. The van der Waals surface area contributed by atoms with Crippen LogP contribution in [0.2, 0.25) is 0 Å². The highest BCUT2D eigenvalue weighted by Crippen LogP contribution is 2.07. The average Bonchev–Trinajstić information content (AvgIpc) is 2.63. The monoisotopic (exact) mass is 358 g/mol. The van der Waals surface area contributed by atoms with E-state index in [1.54, 1.807) is 24.4 Å². The number of halogens is 1. The fraction of sp³-hybridized carbons (Fsp3) is 0.316. The third kappa shape index (κ3) is 6.16. The van der Waals surface area contributed by atoms with E-state index in [-0.39, 0.29) is 18.3 Å². The highest BCUT2D eigenvalue weighted by Gasteiger charge is 2.20. The lowest BCUT2D eigenvalue weighted by atomic mass is 10.1. The van der Waals surface area contributed by atoms with Gasteiger partial charge in [0.05, 0.1) is 0 Å². The van der Waals surface area contributed by atoms with Crippen molar-refractivity contribution in [2.24, 2.45) is 0 Å². The first-order chi connectivity index (χ1) is 12.5. The summed E-state index contributed by atoms with van der Waals surface area (Å²) in [6.45, 7) is 4.08. The molecule has 0 saturated heterocycles. The van der Waals surface area contributed by atoms with Crippen LogP contribution in [0.1, 0.15) is 30.9 Å². The van der Waals surface area contributed by atoms with Crippen LogP contribution in [0.5, 0.6) is 0 Å². The molecule has 0 fully saturated rings. The van der Waals surface area contributed by atoms with E-state index in [1.807, 2.05) is 19.9 Å². The van der Waals surface area contributed by atoms with Crippen molar-refractivity contribution in [1.82, 2.24) is 15.6 Å². The fourth-order valence-corrected chi connectivity index (χ4v) is 2.31. The van der Waals surface area contributed by atoms with Gasteiger partial charge >= 0.3 is 6.03 Å². The molecule has 0 radical (unpaired) electrons. The predicted octanol–water partition coefficient (Wildman–Crippen LogP) is 3.14. The largest absolute Gasteiger partial charge is 0.334 e. The van der Waals surface area contributed by atoms with Crippen LogP contribution in [0, 0.1) is 12.7 Å². The first kappa shape index (κ1) is 19.4. The number of hydrogen-bond acceptors (Lipinski definition) is 3. The number of aromatic nitrogens is 1. The van der Waals surface area contributed by atoms with Gasteiger partial charge in [-0.1, -0.05) is 31.5 Å². The van der Waals surface area contributed by atoms with Crippen molar-refractivity contribution in [3.05, 3.63) is 59.5 Å². The molecule has 2 rings (SSSR count). The van der Waals surface area contributed by atoms with Crippen molar-refractivity contribution in [3.8, 4) is 0 Å². The third-order valence-electron chi connectivity index (χ3n) is 3.73. The minimum atomic E-state index is -0.670. The van der Waals surface area contributed by atoms with Gasteiger partial charge in [-0.3, -0.25) is 4.79 Å². The van der Waals surface area contributed by atoms with E-state index in [9.17, 15) is 14.0 Å². The molecular formula is C19H23FN4O2. The predicted molar refractivity (Wildman–Crippen MR) is 98.1 cm³/mol. The maximum absolute atomic E-state index is 12.9. The van der Waals surface area contributed by atoms with Gasteiger partial charge < -0.3 is 16.0 Å². The van der Waals surface area contributed by atoms with E-state index in [0.29, 0.717) is 12.2 Å². The molecule has 7 heteroatoms. The Bertz CT molecular complexity index is 732. The van der Waals surface area contributed by atoms with Crippen LogP contribution in [0.25, 0.3) is 0 Å². The number of amides is 3. The van der Waals surface area contributed by atoms with Gasteiger partial charge in [-0.2, -0.15) is 0 Å². The van der Waals surface area contributed by atoms with Gasteiger partial charge in [-0.25, -0.2) is 14.2 Å². The molecule has 0 aliphatic rings. The number of anilines is 1. The minimum Gasteiger partial charge on any atom is -0.334 e. The van der Waals surface area contributed by atoms with Crippen molar-refractivity contribution >= 4 is 17.8 Å². The zero-order valence-electron chi connectivity index (χ0n) is 14.9. The molecule has 0 saturated carbocycles. The van der Waals surface area contributed by atoms with E-state index < -0.39 is 12.1 Å². The standard InChI is InChI=1S/C19H23FN4O2/c1-3-4-16(18(25)24-17-10-5-13(2)11-21-17)23-19(26)22-12-14-6-8-15(20)9-7-14/h5-11,16H,3-4,12H2,1-2H3,(H,21,24,25)(H2,22,23,26). The number of urea groups is 1. The van der Waals surface area contributed by atoms with Crippen molar-refractivity contribution < 1.29 is 14.0 Å². The minimum absolute atomic E-state index is 0.242. The molecule has 3 N–H and O–H groups in total. The van der Waals surface area contributed by atoms with Gasteiger partial charge in [-0.15, -0.1) is 0 Å². The first-order valence-corrected chi connectivity index (χ1v) is 8.50. The number of rotatable bonds is 7. The Balaban J connectivity index is 1.88. The zero-order chi connectivity index (χ0) is 18.9. The van der Waals surface area contributed by atoms with Crippen molar-refractivity contribution in [2.45, 2.75) is 39.3 Å². The average molecular weight is 358 g/mol. The second kappa shape index (κ2) is 9.50.